The molecule has 1 aliphatic rings. The zero-order chi connectivity index (χ0) is 14.8. The van der Waals surface area contributed by atoms with Crippen LogP contribution in [-0.2, 0) is 21.4 Å². The van der Waals surface area contributed by atoms with Crippen LogP contribution in [0.1, 0.15) is 18.4 Å². The second kappa shape index (κ2) is 5.90. The molecule has 0 atom stereocenters. The van der Waals surface area contributed by atoms with Crippen molar-refractivity contribution < 1.29 is 18.3 Å². The summed E-state index contributed by atoms with van der Waals surface area (Å²) in [7, 11) is -3.54. The van der Waals surface area contributed by atoms with Gasteiger partial charge in [-0.2, -0.15) is 4.31 Å². The van der Waals surface area contributed by atoms with Gasteiger partial charge in [-0.3, -0.25) is 4.79 Å². The lowest BCUT2D eigenvalue weighted by atomic mass is 9.99. The van der Waals surface area contributed by atoms with E-state index in [9.17, 15) is 13.2 Å². The van der Waals surface area contributed by atoms with E-state index >= 15 is 0 Å². The highest BCUT2D eigenvalue weighted by atomic mass is 32.2. The predicted octanol–water partition coefficient (Wildman–Crippen LogP) is 0.631. The summed E-state index contributed by atoms with van der Waals surface area (Å²) < 4.78 is 26.2. The summed E-state index contributed by atoms with van der Waals surface area (Å²) in [5, 5.41) is 8.92. The second-order valence-corrected chi connectivity index (χ2v) is 6.80. The Labute approximate surface area is 118 Å². The maximum atomic E-state index is 12.4. The third-order valence-corrected chi connectivity index (χ3v) is 5.51. The van der Waals surface area contributed by atoms with Crippen LogP contribution in [0.4, 0.5) is 0 Å². The van der Waals surface area contributed by atoms with Gasteiger partial charge in [0.05, 0.1) is 10.8 Å². The van der Waals surface area contributed by atoms with E-state index in [4.69, 9.17) is 10.8 Å². The van der Waals surface area contributed by atoms with Crippen molar-refractivity contribution in [1.29, 1.82) is 0 Å². The van der Waals surface area contributed by atoms with E-state index < -0.39 is 21.9 Å². The molecule has 20 heavy (non-hydrogen) atoms. The van der Waals surface area contributed by atoms with Crippen LogP contribution in [0.5, 0.6) is 0 Å². The second-order valence-electron chi connectivity index (χ2n) is 4.86. The molecule has 1 aromatic rings. The Morgan fingerprint density at radius 2 is 1.80 bits per heavy atom. The zero-order valence-electron chi connectivity index (χ0n) is 11.0. The summed E-state index contributed by atoms with van der Waals surface area (Å²) in [5.74, 6) is -1.30. The minimum atomic E-state index is -3.54. The average molecular weight is 298 g/mol. The predicted molar refractivity (Wildman–Crippen MR) is 73.5 cm³/mol. The van der Waals surface area contributed by atoms with Crippen LogP contribution in [0, 0.1) is 5.92 Å². The molecule has 1 heterocycles. The number of carbonyl (C=O) groups is 1. The molecule has 110 valence electrons. The van der Waals surface area contributed by atoms with Crippen molar-refractivity contribution in [2.75, 3.05) is 13.1 Å². The van der Waals surface area contributed by atoms with Crippen molar-refractivity contribution in [2.45, 2.75) is 24.3 Å². The molecule has 1 fully saturated rings. The Hall–Kier alpha value is -1.44. The SMILES string of the molecule is NCc1ccc(S(=O)(=O)N2CCC(C(=O)O)CC2)cc1. The fraction of sp³-hybridized carbons (Fsp3) is 0.462. The Bertz CT molecular complexity index is 575. The van der Waals surface area contributed by atoms with Crippen LogP contribution in [0.3, 0.4) is 0 Å². The van der Waals surface area contributed by atoms with E-state index in [1.807, 2.05) is 0 Å². The van der Waals surface area contributed by atoms with Crippen LogP contribution in [-0.4, -0.2) is 36.9 Å². The lowest BCUT2D eigenvalue weighted by molar-refractivity contribution is -0.142. The number of hydrogen-bond donors (Lipinski definition) is 2. The van der Waals surface area contributed by atoms with E-state index in [1.165, 1.54) is 4.31 Å². The number of sulfonamides is 1. The number of hydrogen-bond acceptors (Lipinski definition) is 4. The molecule has 3 N–H and O–H groups in total. The topological polar surface area (TPSA) is 101 Å². The van der Waals surface area contributed by atoms with Crippen LogP contribution in [0.2, 0.25) is 0 Å². The van der Waals surface area contributed by atoms with Crippen LogP contribution >= 0.6 is 0 Å². The number of rotatable bonds is 4. The average Bonchev–Trinajstić information content (AvgIpc) is 2.47. The number of piperidine rings is 1. The van der Waals surface area contributed by atoms with Gasteiger partial charge in [-0.15, -0.1) is 0 Å². The van der Waals surface area contributed by atoms with Crippen molar-refractivity contribution in [1.82, 2.24) is 4.31 Å². The van der Waals surface area contributed by atoms with Gasteiger partial charge < -0.3 is 10.8 Å². The summed E-state index contributed by atoms with van der Waals surface area (Å²) in [6.07, 6.45) is 0.713. The smallest absolute Gasteiger partial charge is 0.306 e. The monoisotopic (exact) mass is 298 g/mol. The Balaban J connectivity index is 2.13. The normalized spacial score (nSPS) is 18.1. The van der Waals surface area contributed by atoms with E-state index in [-0.39, 0.29) is 18.0 Å². The van der Waals surface area contributed by atoms with Gasteiger partial charge in [0, 0.05) is 19.6 Å². The van der Waals surface area contributed by atoms with Gasteiger partial charge in [0.2, 0.25) is 10.0 Å². The molecule has 0 spiro atoms. The first-order valence-electron chi connectivity index (χ1n) is 6.47. The quantitative estimate of drug-likeness (QED) is 0.849. The number of nitrogens with zero attached hydrogens (tertiary/aromatic N) is 1. The highest BCUT2D eigenvalue weighted by Crippen LogP contribution is 2.24. The molecular weight excluding hydrogens is 280 g/mol. The molecule has 1 aromatic carbocycles. The highest BCUT2D eigenvalue weighted by molar-refractivity contribution is 7.89. The Morgan fingerprint density at radius 3 is 2.25 bits per heavy atom. The molecule has 0 radical (unpaired) electrons. The largest absolute Gasteiger partial charge is 0.481 e. The summed E-state index contributed by atoms with van der Waals surface area (Å²) in [6, 6.07) is 6.47. The van der Waals surface area contributed by atoms with Gasteiger partial charge in [-0.05, 0) is 30.5 Å². The first kappa shape index (κ1) is 15.0. The fourth-order valence-corrected chi connectivity index (χ4v) is 3.76. The zero-order valence-corrected chi connectivity index (χ0v) is 11.8. The molecule has 1 aliphatic heterocycles. The summed E-state index contributed by atoms with van der Waals surface area (Å²) in [5.41, 5.74) is 6.35. The molecule has 0 aliphatic carbocycles. The van der Waals surface area contributed by atoms with Gasteiger partial charge in [-0.25, -0.2) is 8.42 Å². The van der Waals surface area contributed by atoms with Crippen molar-refractivity contribution in [3.8, 4) is 0 Å². The van der Waals surface area contributed by atoms with Crippen LogP contribution < -0.4 is 5.73 Å². The molecular formula is C13H18N2O4S. The summed E-state index contributed by atoms with van der Waals surface area (Å²) in [6.45, 7) is 0.861. The van der Waals surface area contributed by atoms with Gasteiger partial charge in [-0.1, -0.05) is 12.1 Å². The van der Waals surface area contributed by atoms with E-state index in [2.05, 4.69) is 0 Å². The molecule has 0 amide bonds. The number of benzene rings is 1. The van der Waals surface area contributed by atoms with Gasteiger partial charge >= 0.3 is 5.97 Å². The van der Waals surface area contributed by atoms with Crippen LogP contribution in [0.25, 0.3) is 0 Å². The highest BCUT2D eigenvalue weighted by Gasteiger charge is 2.31. The lowest BCUT2D eigenvalue weighted by Gasteiger charge is -2.29. The molecule has 7 heteroatoms. The lowest BCUT2D eigenvalue weighted by Crippen LogP contribution is -2.40. The first-order valence-corrected chi connectivity index (χ1v) is 7.91. The van der Waals surface area contributed by atoms with Crippen LogP contribution in [0.15, 0.2) is 29.2 Å². The van der Waals surface area contributed by atoms with E-state index in [0.29, 0.717) is 19.4 Å². The number of aliphatic carboxylic acids is 1. The molecule has 1 saturated heterocycles. The molecule has 6 nitrogen and oxygen atoms in total. The molecule has 0 aromatic heterocycles. The van der Waals surface area contributed by atoms with Gasteiger partial charge in [0.15, 0.2) is 0 Å². The summed E-state index contributed by atoms with van der Waals surface area (Å²) in [4.78, 5) is 11.1. The fourth-order valence-electron chi connectivity index (χ4n) is 2.29. The maximum Gasteiger partial charge on any atom is 0.306 e. The summed E-state index contributed by atoms with van der Waals surface area (Å²) >= 11 is 0. The number of carboxylic acid groups (broad SMARTS) is 1. The Morgan fingerprint density at radius 1 is 1.25 bits per heavy atom. The Kier molecular flexibility index (Phi) is 4.42. The van der Waals surface area contributed by atoms with E-state index in [0.717, 1.165) is 5.56 Å². The number of carboxylic acids is 1. The minimum Gasteiger partial charge on any atom is -0.481 e. The van der Waals surface area contributed by atoms with Gasteiger partial charge in [0.1, 0.15) is 0 Å². The van der Waals surface area contributed by atoms with Crippen molar-refractivity contribution >= 4 is 16.0 Å². The third-order valence-electron chi connectivity index (χ3n) is 3.60. The molecule has 2 rings (SSSR count). The molecule has 0 unspecified atom stereocenters. The first-order chi connectivity index (χ1) is 9.45. The molecule has 0 bridgehead atoms. The van der Waals surface area contributed by atoms with Crippen molar-refractivity contribution in [2.24, 2.45) is 11.7 Å². The van der Waals surface area contributed by atoms with Crippen molar-refractivity contribution in [3.05, 3.63) is 29.8 Å². The van der Waals surface area contributed by atoms with Gasteiger partial charge in [0.25, 0.3) is 0 Å². The maximum absolute atomic E-state index is 12.4. The molecule has 0 saturated carbocycles. The standard InChI is InChI=1S/C13H18N2O4S/c14-9-10-1-3-12(4-2-10)20(18,19)15-7-5-11(6-8-15)13(16)17/h1-4,11H,5-9,14H2,(H,16,17). The van der Waals surface area contributed by atoms with E-state index in [1.54, 1.807) is 24.3 Å². The number of nitrogens with two attached hydrogens (primary N) is 1. The minimum absolute atomic E-state index is 0.225. The third kappa shape index (κ3) is 3.00. The van der Waals surface area contributed by atoms with Crippen molar-refractivity contribution in [3.63, 3.8) is 0 Å².